The maximum absolute atomic E-state index is 10.4. The van der Waals surface area contributed by atoms with Crippen molar-refractivity contribution in [3.05, 3.63) is 89.0 Å². The van der Waals surface area contributed by atoms with Gasteiger partial charge < -0.3 is 0 Å². The maximum Gasteiger partial charge on any atom is 0.0994 e. The first-order chi connectivity index (χ1) is 12.8. The molecule has 2 atom stereocenters. The smallest absolute Gasteiger partial charge is 0.0994 e. The lowest BCUT2D eigenvalue weighted by molar-refractivity contribution is 0.441. The number of fused-ring (bicyclic) bond motifs is 1. The molecule has 0 amide bonds. The molecule has 0 N–H and O–H groups in total. The Balaban J connectivity index is 1.77. The molecule has 2 heteroatoms. The van der Waals surface area contributed by atoms with Crippen LogP contribution < -0.4 is 0 Å². The summed E-state index contributed by atoms with van der Waals surface area (Å²) < 4.78 is 0. The summed E-state index contributed by atoms with van der Waals surface area (Å²) in [5.74, 6) is 0.103. The largest absolute Gasteiger partial charge is 0.197 e. The van der Waals surface area contributed by atoms with Crippen LogP contribution in [0.25, 0.3) is 16.3 Å². The van der Waals surface area contributed by atoms with E-state index >= 15 is 0 Å². The van der Waals surface area contributed by atoms with Crippen LogP contribution in [-0.2, 0) is 11.8 Å². The first-order valence-electron chi connectivity index (χ1n) is 8.90. The number of rotatable bonds is 1. The van der Waals surface area contributed by atoms with Gasteiger partial charge in [-0.15, -0.1) is 0 Å². The molecule has 0 heterocycles. The number of nitrogens with zero attached hydrogens (tertiary/aromatic N) is 2. The topological polar surface area (TPSA) is 47.6 Å². The minimum Gasteiger partial charge on any atom is -0.197 e. The molecule has 3 aromatic rings. The molecular weight excluding hydrogens is 316 g/mol. The molecular formula is C24H16N2. The Bertz CT molecular complexity index is 1170. The molecule has 0 fully saturated rings. The van der Waals surface area contributed by atoms with E-state index in [1.54, 1.807) is 0 Å². The molecule has 5 rings (SSSR count). The van der Waals surface area contributed by atoms with Crippen molar-refractivity contribution in [1.29, 1.82) is 10.5 Å². The highest BCUT2D eigenvalue weighted by Gasteiger charge is 2.47. The summed E-state index contributed by atoms with van der Waals surface area (Å²) in [5, 5.41) is 22.4. The van der Waals surface area contributed by atoms with Gasteiger partial charge in [0.15, 0.2) is 0 Å². The van der Waals surface area contributed by atoms with Crippen LogP contribution in [0.2, 0.25) is 0 Å². The van der Waals surface area contributed by atoms with E-state index in [-0.39, 0.29) is 5.92 Å². The van der Waals surface area contributed by atoms with Gasteiger partial charge in [-0.05, 0) is 45.9 Å². The highest BCUT2D eigenvalue weighted by Crippen LogP contribution is 2.53. The minimum absolute atomic E-state index is 0.103. The number of benzene rings is 3. The second kappa shape index (κ2) is 5.32. The molecule has 2 aliphatic rings. The first-order valence-corrected chi connectivity index (χ1v) is 8.90. The van der Waals surface area contributed by atoms with Gasteiger partial charge >= 0.3 is 0 Å². The van der Waals surface area contributed by atoms with Crippen LogP contribution in [-0.4, -0.2) is 0 Å². The standard InChI is InChI=1S/C24H16N2/c25-14-18-11-12-24(15-26,21-10-2-1-8-19(18)21)22-13-17-7-3-5-16-6-4-9-20(22)23(16)17/h1-11,22H,12-13H2/t22-,24+/m0/s1. The van der Waals surface area contributed by atoms with Crippen molar-refractivity contribution in [2.24, 2.45) is 0 Å². The van der Waals surface area contributed by atoms with Gasteiger partial charge in [0.05, 0.1) is 23.1 Å². The van der Waals surface area contributed by atoms with Crippen LogP contribution in [0.1, 0.15) is 34.6 Å². The number of hydrogen-bond acceptors (Lipinski definition) is 2. The van der Waals surface area contributed by atoms with Crippen LogP contribution in [0.4, 0.5) is 0 Å². The second-order valence-electron chi connectivity index (χ2n) is 7.18. The Hall–Kier alpha value is -3.36. The highest BCUT2D eigenvalue weighted by atomic mass is 14.5. The summed E-state index contributed by atoms with van der Waals surface area (Å²) in [4.78, 5) is 0. The third-order valence-electron chi connectivity index (χ3n) is 6.06. The Morgan fingerprint density at radius 3 is 2.54 bits per heavy atom. The highest BCUT2D eigenvalue weighted by molar-refractivity contribution is 5.92. The van der Waals surface area contributed by atoms with Crippen molar-refractivity contribution in [3.63, 3.8) is 0 Å². The zero-order valence-corrected chi connectivity index (χ0v) is 14.2. The zero-order valence-electron chi connectivity index (χ0n) is 14.2. The van der Waals surface area contributed by atoms with Crippen LogP contribution >= 0.6 is 0 Å². The fourth-order valence-electron chi connectivity index (χ4n) is 4.89. The average molecular weight is 332 g/mol. The monoisotopic (exact) mass is 332 g/mol. The second-order valence-corrected chi connectivity index (χ2v) is 7.18. The normalized spacial score (nSPS) is 23.0. The van der Waals surface area contributed by atoms with E-state index in [4.69, 9.17) is 0 Å². The maximum atomic E-state index is 10.4. The van der Waals surface area contributed by atoms with E-state index in [1.165, 1.54) is 21.9 Å². The van der Waals surface area contributed by atoms with Gasteiger partial charge in [-0.1, -0.05) is 66.7 Å². The lowest BCUT2D eigenvalue weighted by atomic mass is 9.62. The molecule has 0 saturated heterocycles. The fourth-order valence-corrected chi connectivity index (χ4v) is 4.89. The van der Waals surface area contributed by atoms with Gasteiger partial charge in [0, 0.05) is 5.92 Å². The van der Waals surface area contributed by atoms with Crippen molar-refractivity contribution >= 4 is 16.3 Å². The fraction of sp³-hybridized carbons (Fsp3) is 0.167. The molecule has 0 aliphatic heterocycles. The molecule has 122 valence electrons. The predicted octanol–water partition coefficient (Wildman–Crippen LogP) is 5.25. The Morgan fingerprint density at radius 1 is 0.923 bits per heavy atom. The SMILES string of the molecule is N#CC1=CC[C@](C#N)([C@H]2Cc3cccc4cccc2c34)c2ccccc21. The Morgan fingerprint density at radius 2 is 1.73 bits per heavy atom. The predicted molar refractivity (Wildman–Crippen MR) is 102 cm³/mol. The van der Waals surface area contributed by atoms with Gasteiger partial charge in [-0.2, -0.15) is 10.5 Å². The van der Waals surface area contributed by atoms with Gasteiger partial charge in [0.1, 0.15) is 0 Å². The summed E-state index contributed by atoms with van der Waals surface area (Å²) in [7, 11) is 0. The zero-order chi connectivity index (χ0) is 17.7. The van der Waals surface area contributed by atoms with Crippen LogP contribution in [0, 0.1) is 22.7 Å². The van der Waals surface area contributed by atoms with Crippen LogP contribution in [0.5, 0.6) is 0 Å². The van der Waals surface area contributed by atoms with Gasteiger partial charge in [-0.25, -0.2) is 0 Å². The lowest BCUT2D eigenvalue weighted by Crippen LogP contribution is -2.34. The van der Waals surface area contributed by atoms with E-state index in [2.05, 4.69) is 48.5 Å². The van der Waals surface area contributed by atoms with Gasteiger partial charge in [0.2, 0.25) is 0 Å². The summed E-state index contributed by atoms with van der Waals surface area (Å²) in [6.07, 6.45) is 3.40. The lowest BCUT2D eigenvalue weighted by Gasteiger charge is -2.37. The molecule has 3 aromatic carbocycles. The van der Waals surface area contributed by atoms with Crippen LogP contribution in [0.15, 0.2) is 66.7 Å². The Labute approximate surface area is 152 Å². The quantitative estimate of drug-likeness (QED) is 0.611. The van der Waals surface area contributed by atoms with Gasteiger partial charge in [0.25, 0.3) is 0 Å². The molecule has 26 heavy (non-hydrogen) atoms. The van der Waals surface area contributed by atoms with Crippen molar-refractivity contribution in [1.82, 2.24) is 0 Å². The van der Waals surface area contributed by atoms with E-state index < -0.39 is 5.41 Å². The molecule has 0 radical (unpaired) electrons. The minimum atomic E-state index is -0.635. The molecule has 0 aromatic heterocycles. The summed E-state index contributed by atoms with van der Waals surface area (Å²) in [6, 6.07) is 25.8. The molecule has 0 bridgehead atoms. The number of allylic oxidation sites excluding steroid dienone is 2. The molecule has 0 saturated carbocycles. The van der Waals surface area contributed by atoms with E-state index in [9.17, 15) is 10.5 Å². The summed E-state index contributed by atoms with van der Waals surface area (Å²) in [6.45, 7) is 0. The summed E-state index contributed by atoms with van der Waals surface area (Å²) in [5.41, 5.74) is 4.54. The summed E-state index contributed by atoms with van der Waals surface area (Å²) >= 11 is 0. The van der Waals surface area contributed by atoms with Crippen molar-refractivity contribution < 1.29 is 0 Å². The van der Waals surface area contributed by atoms with Crippen LogP contribution in [0.3, 0.4) is 0 Å². The van der Waals surface area contributed by atoms with E-state index in [1.807, 2.05) is 30.3 Å². The molecule has 0 spiro atoms. The van der Waals surface area contributed by atoms with E-state index in [0.717, 1.165) is 17.5 Å². The third kappa shape index (κ3) is 1.79. The molecule has 0 unspecified atom stereocenters. The molecule has 2 nitrogen and oxygen atoms in total. The van der Waals surface area contributed by atoms with Crippen molar-refractivity contribution in [2.45, 2.75) is 24.2 Å². The number of nitriles is 2. The average Bonchev–Trinajstić information content (AvgIpc) is 3.08. The van der Waals surface area contributed by atoms with E-state index in [0.29, 0.717) is 12.0 Å². The Kier molecular flexibility index (Phi) is 3.05. The van der Waals surface area contributed by atoms with Crippen molar-refractivity contribution in [2.75, 3.05) is 0 Å². The molecule has 2 aliphatic carbocycles. The third-order valence-corrected chi connectivity index (χ3v) is 6.06. The number of hydrogen-bond donors (Lipinski definition) is 0. The van der Waals surface area contributed by atoms with Gasteiger partial charge in [-0.3, -0.25) is 0 Å². The van der Waals surface area contributed by atoms with Crippen molar-refractivity contribution in [3.8, 4) is 12.1 Å². The first kappa shape index (κ1) is 14.9.